The number of carbonyl (C=O) groups excluding carboxylic acids is 2. The third-order valence-corrected chi connectivity index (χ3v) is 5.42. The van der Waals surface area contributed by atoms with Gasteiger partial charge in [0.05, 0.1) is 12.7 Å². The summed E-state index contributed by atoms with van der Waals surface area (Å²) in [5.74, 6) is -0.136. The molecule has 1 aromatic heterocycles. The topological polar surface area (TPSA) is 51.5 Å². The van der Waals surface area contributed by atoms with Crippen LogP contribution in [0.15, 0.2) is 59.8 Å². The summed E-state index contributed by atoms with van der Waals surface area (Å²) in [5, 5.41) is 1.09. The van der Waals surface area contributed by atoms with Crippen molar-refractivity contribution in [3.63, 3.8) is 0 Å². The predicted octanol–water partition coefficient (Wildman–Crippen LogP) is 3.75. The summed E-state index contributed by atoms with van der Waals surface area (Å²) < 4.78 is 7.19. The van der Waals surface area contributed by atoms with Gasteiger partial charge in [-0.05, 0) is 35.7 Å². The Bertz CT molecular complexity index is 1110. The number of ether oxygens (including phenoxy) is 1. The van der Waals surface area contributed by atoms with Crippen molar-refractivity contribution < 1.29 is 14.3 Å². The lowest BCUT2D eigenvalue weighted by Crippen LogP contribution is -2.33. The SMILES string of the molecule is COc1ccc(C2=C(Cl)C(=O)N(CCc3cn(C)c4ccccc34)C2=O)cc1. The van der Waals surface area contributed by atoms with Gasteiger partial charge in [0, 0.05) is 30.7 Å². The van der Waals surface area contributed by atoms with E-state index in [1.807, 2.05) is 42.1 Å². The highest BCUT2D eigenvalue weighted by atomic mass is 35.5. The first-order chi connectivity index (χ1) is 13.5. The standard InChI is InChI=1S/C22H19ClN2O3/c1-24-13-15(17-5-3-4-6-18(17)24)11-12-25-21(26)19(20(23)22(25)27)14-7-9-16(28-2)10-8-14/h3-10,13H,11-12H2,1-2H3. The highest BCUT2D eigenvalue weighted by Gasteiger charge is 2.37. The van der Waals surface area contributed by atoms with Gasteiger partial charge in [-0.3, -0.25) is 14.5 Å². The van der Waals surface area contributed by atoms with Crippen molar-refractivity contribution in [1.82, 2.24) is 9.47 Å². The molecular formula is C22H19ClN2O3. The molecule has 5 nitrogen and oxygen atoms in total. The molecule has 1 aliphatic heterocycles. The summed E-state index contributed by atoms with van der Waals surface area (Å²) in [5.41, 5.74) is 3.06. The van der Waals surface area contributed by atoms with E-state index in [9.17, 15) is 9.59 Å². The summed E-state index contributed by atoms with van der Waals surface area (Å²) in [7, 11) is 3.55. The number of hydrogen-bond acceptors (Lipinski definition) is 3. The molecule has 0 radical (unpaired) electrons. The first kappa shape index (κ1) is 18.3. The summed E-state index contributed by atoms with van der Waals surface area (Å²) in [6.45, 7) is 0.279. The molecule has 0 bridgehead atoms. The van der Waals surface area contributed by atoms with Crippen LogP contribution < -0.4 is 4.74 Å². The maximum atomic E-state index is 12.9. The monoisotopic (exact) mass is 394 g/mol. The Hall–Kier alpha value is -3.05. The van der Waals surface area contributed by atoms with Crippen molar-refractivity contribution in [1.29, 1.82) is 0 Å². The molecule has 0 N–H and O–H groups in total. The van der Waals surface area contributed by atoms with Gasteiger partial charge < -0.3 is 9.30 Å². The lowest BCUT2D eigenvalue weighted by atomic mass is 10.1. The van der Waals surface area contributed by atoms with Gasteiger partial charge in [0.2, 0.25) is 0 Å². The van der Waals surface area contributed by atoms with Crippen molar-refractivity contribution in [3.05, 3.63) is 70.9 Å². The molecule has 1 aliphatic rings. The average molecular weight is 395 g/mol. The van der Waals surface area contributed by atoms with Gasteiger partial charge in [-0.15, -0.1) is 0 Å². The highest BCUT2D eigenvalue weighted by Crippen LogP contribution is 2.33. The number of hydrogen-bond donors (Lipinski definition) is 0. The molecule has 6 heteroatoms. The quantitative estimate of drug-likeness (QED) is 0.619. The van der Waals surface area contributed by atoms with Crippen LogP contribution in [0.3, 0.4) is 0 Å². The first-order valence-electron chi connectivity index (χ1n) is 8.94. The molecule has 0 fully saturated rings. The minimum Gasteiger partial charge on any atom is -0.497 e. The Balaban J connectivity index is 1.56. The molecule has 4 rings (SSSR count). The average Bonchev–Trinajstić information content (AvgIpc) is 3.14. The number of aryl methyl sites for hydroxylation is 1. The van der Waals surface area contributed by atoms with E-state index < -0.39 is 5.91 Å². The van der Waals surface area contributed by atoms with Crippen LogP contribution in [0, 0.1) is 0 Å². The van der Waals surface area contributed by atoms with Crippen molar-refractivity contribution in [3.8, 4) is 5.75 Å². The van der Waals surface area contributed by atoms with Crippen molar-refractivity contribution in [2.45, 2.75) is 6.42 Å². The third kappa shape index (κ3) is 2.98. The molecule has 2 aromatic carbocycles. The van der Waals surface area contributed by atoms with E-state index in [2.05, 4.69) is 0 Å². The number of para-hydroxylation sites is 1. The number of rotatable bonds is 5. The van der Waals surface area contributed by atoms with Gasteiger partial charge in [0.1, 0.15) is 10.8 Å². The number of carbonyl (C=O) groups is 2. The minimum atomic E-state index is -0.447. The van der Waals surface area contributed by atoms with Crippen LogP contribution in [0.25, 0.3) is 16.5 Å². The van der Waals surface area contributed by atoms with Crippen molar-refractivity contribution in [2.24, 2.45) is 7.05 Å². The van der Waals surface area contributed by atoms with Crippen LogP contribution in [0.4, 0.5) is 0 Å². The van der Waals surface area contributed by atoms with Crippen molar-refractivity contribution in [2.75, 3.05) is 13.7 Å². The molecule has 0 unspecified atom stereocenters. The van der Waals surface area contributed by atoms with Crippen LogP contribution in [0.5, 0.6) is 5.75 Å². The van der Waals surface area contributed by atoms with Crippen LogP contribution in [0.1, 0.15) is 11.1 Å². The molecular weight excluding hydrogens is 376 g/mol. The molecule has 2 amide bonds. The van der Waals surface area contributed by atoms with Gasteiger partial charge in [-0.25, -0.2) is 0 Å². The van der Waals surface area contributed by atoms with Gasteiger partial charge in [-0.1, -0.05) is 41.9 Å². The van der Waals surface area contributed by atoms with E-state index in [4.69, 9.17) is 16.3 Å². The van der Waals surface area contributed by atoms with E-state index in [1.54, 1.807) is 31.4 Å². The number of methoxy groups -OCH3 is 1. The molecule has 0 spiro atoms. The van der Waals surface area contributed by atoms with Crippen molar-refractivity contribution >= 4 is 39.9 Å². The van der Waals surface area contributed by atoms with Gasteiger partial charge in [-0.2, -0.15) is 0 Å². The second-order valence-electron chi connectivity index (χ2n) is 6.71. The third-order valence-electron chi connectivity index (χ3n) is 5.07. The Morgan fingerprint density at radius 2 is 1.71 bits per heavy atom. The van der Waals surface area contributed by atoms with Crippen LogP contribution in [-0.2, 0) is 23.1 Å². The number of halogens is 1. The maximum absolute atomic E-state index is 12.9. The largest absolute Gasteiger partial charge is 0.497 e. The van der Waals surface area contributed by atoms with E-state index in [-0.39, 0.29) is 23.1 Å². The van der Waals surface area contributed by atoms with E-state index in [0.29, 0.717) is 17.7 Å². The van der Waals surface area contributed by atoms with Crippen LogP contribution >= 0.6 is 11.6 Å². The summed E-state index contributed by atoms with van der Waals surface area (Å²) in [6, 6.07) is 15.0. The fraction of sp³-hybridized carbons (Fsp3) is 0.182. The Morgan fingerprint density at radius 1 is 1.00 bits per heavy atom. The lowest BCUT2D eigenvalue weighted by Gasteiger charge is -2.14. The molecule has 3 aromatic rings. The maximum Gasteiger partial charge on any atom is 0.273 e. The number of amides is 2. The predicted molar refractivity (Wildman–Crippen MR) is 109 cm³/mol. The van der Waals surface area contributed by atoms with Crippen LogP contribution in [0.2, 0.25) is 0 Å². The van der Waals surface area contributed by atoms with Gasteiger partial charge in [0.15, 0.2) is 0 Å². The molecule has 28 heavy (non-hydrogen) atoms. The number of imide groups is 1. The molecule has 2 heterocycles. The molecule has 142 valence electrons. The lowest BCUT2D eigenvalue weighted by molar-refractivity contribution is -0.136. The summed E-state index contributed by atoms with van der Waals surface area (Å²) >= 11 is 6.24. The Labute approximate surface area is 167 Å². The fourth-order valence-corrected chi connectivity index (χ4v) is 3.91. The number of fused-ring (bicyclic) bond motifs is 1. The zero-order valence-electron chi connectivity index (χ0n) is 15.6. The molecule has 0 saturated heterocycles. The normalized spacial score (nSPS) is 14.5. The Kier molecular flexibility index (Phi) is 4.69. The summed E-state index contributed by atoms with van der Waals surface area (Å²) in [6.07, 6.45) is 2.61. The zero-order chi connectivity index (χ0) is 19.8. The second kappa shape index (κ2) is 7.17. The van der Waals surface area contributed by atoms with E-state index in [1.165, 1.54) is 4.90 Å². The fourth-order valence-electron chi connectivity index (χ4n) is 3.61. The van der Waals surface area contributed by atoms with E-state index >= 15 is 0 Å². The van der Waals surface area contributed by atoms with Crippen LogP contribution in [-0.4, -0.2) is 34.9 Å². The Morgan fingerprint density at radius 3 is 2.43 bits per heavy atom. The van der Waals surface area contributed by atoms with Gasteiger partial charge in [0.25, 0.3) is 11.8 Å². The zero-order valence-corrected chi connectivity index (χ0v) is 16.4. The number of aromatic nitrogens is 1. The number of nitrogens with zero attached hydrogens (tertiary/aromatic N) is 2. The smallest absolute Gasteiger partial charge is 0.273 e. The summed E-state index contributed by atoms with van der Waals surface area (Å²) in [4.78, 5) is 26.7. The highest BCUT2D eigenvalue weighted by molar-refractivity contribution is 6.55. The first-order valence-corrected chi connectivity index (χ1v) is 9.32. The second-order valence-corrected chi connectivity index (χ2v) is 7.09. The van der Waals surface area contributed by atoms with Gasteiger partial charge >= 0.3 is 0 Å². The molecule has 0 atom stereocenters. The van der Waals surface area contributed by atoms with E-state index in [0.717, 1.165) is 16.5 Å². The molecule has 0 aliphatic carbocycles. The molecule has 0 saturated carbocycles. The number of benzene rings is 2. The minimum absolute atomic E-state index is 0.0342.